The quantitative estimate of drug-likeness (QED) is 0.194. The number of urea groups is 1. The van der Waals surface area contributed by atoms with E-state index in [1.54, 1.807) is 12.1 Å². The van der Waals surface area contributed by atoms with E-state index >= 15 is 0 Å². The van der Waals surface area contributed by atoms with E-state index in [1.165, 1.54) is 0 Å². The fourth-order valence-corrected chi connectivity index (χ4v) is 5.14. The minimum absolute atomic E-state index is 0.132. The normalized spacial score (nSPS) is 14.7. The summed E-state index contributed by atoms with van der Waals surface area (Å²) >= 11 is 0. The maximum atomic E-state index is 14.3. The van der Waals surface area contributed by atoms with E-state index in [1.807, 2.05) is 61.5 Å². The van der Waals surface area contributed by atoms with E-state index < -0.39 is 18.5 Å². The monoisotopic (exact) mass is 531 g/mol. The standard InChI is InChI=1S/C29H31F2N7O/c1-18-11-14-21(15-12-18)32-29(39)34-25-17-20(22-9-5-6-10-23(22)28-35-37-38-36-28)13-16-24(25)33-26(27(30)31)19-7-3-2-4-8-19/h5-6,9-17,19,26-27,33H,2-4,7-8H2,1H3,(H2,32,34,39)(H,35,36,37,38). The molecule has 0 spiro atoms. The Hall–Kier alpha value is -4.34. The summed E-state index contributed by atoms with van der Waals surface area (Å²) in [5, 5.41) is 22.9. The number of alkyl halides is 2. The van der Waals surface area contributed by atoms with Crippen molar-refractivity contribution in [3.63, 3.8) is 0 Å². The predicted octanol–water partition coefficient (Wildman–Crippen LogP) is 7.11. The number of hydrogen-bond acceptors (Lipinski definition) is 5. The molecular weight excluding hydrogens is 500 g/mol. The molecule has 1 unspecified atom stereocenters. The lowest BCUT2D eigenvalue weighted by Gasteiger charge is -2.31. The van der Waals surface area contributed by atoms with Crippen LogP contribution in [-0.4, -0.2) is 39.1 Å². The highest BCUT2D eigenvalue weighted by atomic mass is 19.3. The minimum Gasteiger partial charge on any atom is -0.375 e. The average molecular weight is 532 g/mol. The van der Waals surface area contributed by atoms with Crippen LogP contribution < -0.4 is 16.0 Å². The summed E-state index contributed by atoms with van der Waals surface area (Å²) in [7, 11) is 0. The van der Waals surface area contributed by atoms with Crippen molar-refractivity contribution in [2.45, 2.75) is 51.5 Å². The van der Waals surface area contributed by atoms with Crippen LogP contribution in [0.4, 0.5) is 30.6 Å². The van der Waals surface area contributed by atoms with Crippen molar-refractivity contribution in [2.24, 2.45) is 5.92 Å². The first kappa shape index (κ1) is 26.3. The second kappa shape index (κ2) is 12.0. The Balaban J connectivity index is 1.48. The van der Waals surface area contributed by atoms with Gasteiger partial charge in [-0.05, 0) is 71.5 Å². The summed E-state index contributed by atoms with van der Waals surface area (Å²) < 4.78 is 28.5. The molecule has 202 valence electrons. The van der Waals surface area contributed by atoms with Gasteiger partial charge in [-0.1, -0.05) is 67.3 Å². The number of halogens is 2. The molecule has 1 heterocycles. The van der Waals surface area contributed by atoms with Gasteiger partial charge in [-0.2, -0.15) is 0 Å². The fraction of sp³-hybridized carbons (Fsp3) is 0.310. The molecule has 0 saturated heterocycles. The van der Waals surface area contributed by atoms with Crippen LogP contribution >= 0.6 is 0 Å². The molecule has 4 N–H and O–H groups in total. The molecular formula is C29H31F2N7O. The van der Waals surface area contributed by atoms with Crippen molar-refractivity contribution >= 4 is 23.1 Å². The third kappa shape index (κ3) is 6.39. The molecule has 1 saturated carbocycles. The number of anilines is 3. The van der Waals surface area contributed by atoms with Gasteiger partial charge in [0.2, 0.25) is 0 Å². The van der Waals surface area contributed by atoms with E-state index in [4.69, 9.17) is 0 Å². The number of amides is 2. The lowest BCUT2D eigenvalue weighted by Crippen LogP contribution is -2.37. The summed E-state index contributed by atoms with van der Waals surface area (Å²) in [5.41, 5.74) is 4.88. The summed E-state index contributed by atoms with van der Waals surface area (Å²) in [6.07, 6.45) is 1.96. The second-order valence-corrected chi connectivity index (χ2v) is 9.90. The Kier molecular flexibility index (Phi) is 8.10. The molecule has 3 aromatic carbocycles. The van der Waals surface area contributed by atoms with Crippen molar-refractivity contribution in [3.8, 4) is 22.5 Å². The highest BCUT2D eigenvalue weighted by Gasteiger charge is 2.31. The van der Waals surface area contributed by atoms with Crippen LogP contribution in [0.2, 0.25) is 0 Å². The highest BCUT2D eigenvalue weighted by molar-refractivity contribution is 6.02. The molecule has 1 aromatic heterocycles. The van der Waals surface area contributed by atoms with Crippen LogP contribution in [0.15, 0.2) is 66.7 Å². The molecule has 8 nitrogen and oxygen atoms in total. The molecule has 0 aliphatic heterocycles. The lowest BCUT2D eigenvalue weighted by atomic mass is 9.84. The Morgan fingerprint density at radius 2 is 1.67 bits per heavy atom. The molecule has 1 fully saturated rings. The molecule has 39 heavy (non-hydrogen) atoms. The molecule has 10 heteroatoms. The van der Waals surface area contributed by atoms with E-state index in [-0.39, 0.29) is 5.92 Å². The lowest BCUT2D eigenvalue weighted by molar-refractivity contribution is 0.0870. The van der Waals surface area contributed by atoms with E-state index in [2.05, 4.69) is 36.6 Å². The van der Waals surface area contributed by atoms with Gasteiger partial charge in [-0.15, -0.1) is 5.10 Å². The molecule has 1 atom stereocenters. The van der Waals surface area contributed by atoms with Crippen molar-refractivity contribution in [1.29, 1.82) is 0 Å². The largest absolute Gasteiger partial charge is 0.375 e. The van der Waals surface area contributed by atoms with E-state index in [0.717, 1.165) is 54.4 Å². The average Bonchev–Trinajstić information content (AvgIpc) is 3.49. The van der Waals surface area contributed by atoms with Crippen LogP contribution in [0, 0.1) is 12.8 Å². The Labute approximate surface area is 225 Å². The van der Waals surface area contributed by atoms with E-state index in [0.29, 0.717) is 22.9 Å². The first-order chi connectivity index (χ1) is 19.0. The number of hydrogen-bond donors (Lipinski definition) is 4. The first-order valence-electron chi connectivity index (χ1n) is 13.1. The zero-order valence-corrected chi connectivity index (χ0v) is 21.6. The van der Waals surface area contributed by atoms with Gasteiger partial charge in [-0.3, -0.25) is 0 Å². The number of H-pyrrole nitrogens is 1. The van der Waals surface area contributed by atoms with Crippen molar-refractivity contribution in [3.05, 3.63) is 72.3 Å². The van der Waals surface area contributed by atoms with Crippen LogP contribution in [0.25, 0.3) is 22.5 Å². The number of carbonyl (C=O) groups excluding carboxylic acids is 1. The van der Waals surface area contributed by atoms with Gasteiger partial charge in [0.1, 0.15) is 0 Å². The minimum atomic E-state index is -2.54. The second-order valence-electron chi connectivity index (χ2n) is 9.90. The van der Waals surface area contributed by atoms with Gasteiger partial charge >= 0.3 is 6.03 Å². The Bertz CT molecular complexity index is 1390. The molecule has 1 aliphatic rings. The van der Waals surface area contributed by atoms with Crippen molar-refractivity contribution in [1.82, 2.24) is 20.6 Å². The van der Waals surface area contributed by atoms with Gasteiger partial charge in [0.05, 0.1) is 17.4 Å². The maximum absolute atomic E-state index is 14.3. The summed E-state index contributed by atoms with van der Waals surface area (Å²) in [6, 6.07) is 18.9. The number of carbonyl (C=O) groups is 1. The molecule has 0 bridgehead atoms. The third-order valence-corrected chi connectivity index (χ3v) is 7.17. The number of nitrogens with zero attached hydrogens (tertiary/aromatic N) is 3. The van der Waals surface area contributed by atoms with Crippen LogP contribution in [0.1, 0.15) is 37.7 Å². The number of aryl methyl sites for hydroxylation is 1. The number of aromatic amines is 1. The van der Waals surface area contributed by atoms with Gasteiger partial charge in [-0.25, -0.2) is 18.7 Å². The first-order valence-corrected chi connectivity index (χ1v) is 13.1. The smallest absolute Gasteiger partial charge is 0.323 e. The molecule has 0 radical (unpaired) electrons. The SMILES string of the molecule is Cc1ccc(NC(=O)Nc2cc(-c3ccccc3-c3nnn[nH]3)ccc2NC(C(F)F)C2CCCCC2)cc1. The van der Waals surface area contributed by atoms with Gasteiger partial charge in [0.15, 0.2) is 5.82 Å². The summed E-state index contributed by atoms with van der Waals surface area (Å²) in [5.74, 6) is 0.363. The highest BCUT2D eigenvalue weighted by Crippen LogP contribution is 2.37. The topological polar surface area (TPSA) is 108 Å². The fourth-order valence-electron chi connectivity index (χ4n) is 5.14. The zero-order valence-electron chi connectivity index (χ0n) is 21.6. The number of benzene rings is 3. The van der Waals surface area contributed by atoms with Crippen molar-refractivity contribution < 1.29 is 13.6 Å². The van der Waals surface area contributed by atoms with Crippen LogP contribution in [-0.2, 0) is 0 Å². The molecule has 4 aromatic rings. The number of nitrogens with one attached hydrogen (secondary N) is 4. The predicted molar refractivity (Wildman–Crippen MR) is 149 cm³/mol. The number of aromatic nitrogens is 4. The molecule has 1 aliphatic carbocycles. The zero-order chi connectivity index (χ0) is 27.2. The number of rotatable bonds is 8. The number of tetrazole rings is 1. The van der Waals surface area contributed by atoms with Gasteiger partial charge in [0, 0.05) is 11.3 Å². The van der Waals surface area contributed by atoms with Crippen LogP contribution in [0.3, 0.4) is 0 Å². The summed E-state index contributed by atoms with van der Waals surface area (Å²) in [6.45, 7) is 1.96. The van der Waals surface area contributed by atoms with E-state index in [9.17, 15) is 13.6 Å². The molecule has 5 rings (SSSR count). The summed E-state index contributed by atoms with van der Waals surface area (Å²) in [4.78, 5) is 13.0. The third-order valence-electron chi connectivity index (χ3n) is 7.17. The van der Waals surface area contributed by atoms with Crippen molar-refractivity contribution in [2.75, 3.05) is 16.0 Å². The Morgan fingerprint density at radius 1 is 0.923 bits per heavy atom. The Morgan fingerprint density at radius 3 is 2.36 bits per heavy atom. The van der Waals surface area contributed by atoms with Crippen LogP contribution in [0.5, 0.6) is 0 Å². The maximum Gasteiger partial charge on any atom is 0.323 e. The van der Waals surface area contributed by atoms with Gasteiger partial charge in [0.25, 0.3) is 6.43 Å². The molecule has 2 amide bonds. The van der Waals surface area contributed by atoms with Gasteiger partial charge < -0.3 is 16.0 Å².